The van der Waals surface area contributed by atoms with E-state index in [1.165, 1.54) is 5.69 Å². The largest absolute Gasteiger partial charge is 0.379 e. The number of hydrogen-bond donors (Lipinski definition) is 1. The molecule has 0 saturated carbocycles. The van der Waals surface area contributed by atoms with Crippen LogP contribution in [-0.2, 0) is 16.7 Å². The maximum Gasteiger partial charge on any atom is 0.177 e. The number of hydrogen-bond acceptors (Lipinski definition) is 3. The van der Waals surface area contributed by atoms with Crippen molar-refractivity contribution in [2.75, 3.05) is 32.8 Å². The second kappa shape index (κ2) is 6.20. The summed E-state index contributed by atoms with van der Waals surface area (Å²) < 4.78 is 8.45. The third-order valence-electron chi connectivity index (χ3n) is 3.60. The van der Waals surface area contributed by atoms with Crippen LogP contribution < -0.4 is 0 Å². The van der Waals surface area contributed by atoms with Gasteiger partial charge in [0.1, 0.15) is 0 Å². The minimum Gasteiger partial charge on any atom is -0.379 e. The Morgan fingerprint density at radius 1 is 1.26 bits per heavy atom. The van der Waals surface area contributed by atoms with Gasteiger partial charge in [-0.15, -0.1) is 0 Å². The molecule has 1 N–H and O–H groups in total. The Morgan fingerprint density at radius 3 is 2.58 bits per heavy atom. The van der Waals surface area contributed by atoms with Crippen molar-refractivity contribution in [3.05, 3.63) is 16.7 Å². The Balaban J connectivity index is 1.92. The van der Waals surface area contributed by atoms with Gasteiger partial charge in [-0.3, -0.25) is 4.90 Å². The molecule has 1 aromatic rings. The summed E-state index contributed by atoms with van der Waals surface area (Å²) in [6.07, 6.45) is 3.19. The van der Waals surface area contributed by atoms with Crippen molar-refractivity contribution in [1.29, 1.82) is 0 Å². The quantitative estimate of drug-likeness (QED) is 0.862. The lowest BCUT2D eigenvalue weighted by atomic mass is 9.92. The van der Waals surface area contributed by atoms with Crippen LogP contribution in [0.3, 0.4) is 0 Å². The zero-order valence-corrected chi connectivity index (χ0v) is 13.1. The van der Waals surface area contributed by atoms with Gasteiger partial charge in [-0.2, -0.15) is 0 Å². The van der Waals surface area contributed by atoms with Gasteiger partial charge in [0, 0.05) is 43.5 Å². The first kappa shape index (κ1) is 14.8. The molecule has 0 unspecified atom stereocenters. The predicted molar refractivity (Wildman–Crippen MR) is 80.2 cm³/mol. The third kappa shape index (κ3) is 3.91. The monoisotopic (exact) mass is 283 g/mol. The van der Waals surface area contributed by atoms with Crippen LogP contribution in [0.15, 0.2) is 6.20 Å². The zero-order valence-electron chi connectivity index (χ0n) is 12.2. The van der Waals surface area contributed by atoms with Crippen LogP contribution in [0.4, 0.5) is 0 Å². The number of morpholine rings is 1. The number of aromatic nitrogens is 2. The number of H-pyrrole nitrogens is 1. The van der Waals surface area contributed by atoms with Gasteiger partial charge >= 0.3 is 0 Å². The van der Waals surface area contributed by atoms with Crippen LogP contribution in [0, 0.1) is 4.77 Å². The highest BCUT2D eigenvalue weighted by atomic mass is 32.1. The molecule has 1 aromatic heterocycles. The average molecular weight is 283 g/mol. The molecular formula is C14H25N3OS. The molecule has 0 aliphatic carbocycles. The Kier molecular flexibility index (Phi) is 4.81. The fourth-order valence-electron chi connectivity index (χ4n) is 2.52. The van der Waals surface area contributed by atoms with Crippen molar-refractivity contribution in [3.63, 3.8) is 0 Å². The topological polar surface area (TPSA) is 33.2 Å². The molecule has 0 bridgehead atoms. The van der Waals surface area contributed by atoms with Gasteiger partial charge in [-0.05, 0) is 18.6 Å². The molecule has 108 valence electrons. The van der Waals surface area contributed by atoms with Crippen LogP contribution in [0.25, 0.3) is 0 Å². The smallest absolute Gasteiger partial charge is 0.177 e. The summed E-state index contributed by atoms with van der Waals surface area (Å²) >= 11 is 5.39. The van der Waals surface area contributed by atoms with Crippen molar-refractivity contribution in [2.24, 2.45) is 0 Å². The van der Waals surface area contributed by atoms with E-state index in [1.807, 2.05) is 0 Å². The van der Waals surface area contributed by atoms with E-state index in [-0.39, 0.29) is 5.41 Å². The first-order chi connectivity index (χ1) is 8.98. The third-order valence-corrected chi connectivity index (χ3v) is 3.93. The number of ether oxygens (including phenoxy) is 1. The molecule has 0 radical (unpaired) electrons. The van der Waals surface area contributed by atoms with Crippen LogP contribution in [0.5, 0.6) is 0 Å². The molecule has 1 aliphatic rings. The lowest BCUT2D eigenvalue weighted by Crippen LogP contribution is -2.37. The van der Waals surface area contributed by atoms with Crippen molar-refractivity contribution < 1.29 is 4.74 Å². The average Bonchev–Trinajstić information content (AvgIpc) is 2.72. The number of aromatic amines is 1. The molecule has 1 fully saturated rings. The molecule has 19 heavy (non-hydrogen) atoms. The predicted octanol–water partition coefficient (Wildman–Crippen LogP) is 2.57. The first-order valence-electron chi connectivity index (χ1n) is 7.07. The minimum atomic E-state index is 0.131. The minimum absolute atomic E-state index is 0.131. The lowest BCUT2D eigenvalue weighted by Gasteiger charge is -2.27. The number of nitrogens with zero attached hydrogens (tertiary/aromatic N) is 2. The van der Waals surface area contributed by atoms with E-state index >= 15 is 0 Å². The van der Waals surface area contributed by atoms with E-state index in [2.05, 4.69) is 41.4 Å². The van der Waals surface area contributed by atoms with Crippen molar-refractivity contribution >= 4 is 12.2 Å². The highest BCUT2D eigenvalue weighted by Gasteiger charge is 2.19. The van der Waals surface area contributed by atoms with Gasteiger partial charge in [-0.1, -0.05) is 20.8 Å². The molecule has 2 rings (SSSR count). The van der Waals surface area contributed by atoms with Crippen molar-refractivity contribution in [2.45, 2.75) is 39.2 Å². The zero-order chi connectivity index (χ0) is 13.9. The highest BCUT2D eigenvalue weighted by Crippen LogP contribution is 2.22. The van der Waals surface area contributed by atoms with E-state index in [9.17, 15) is 0 Å². The van der Waals surface area contributed by atoms with Gasteiger partial charge in [-0.25, -0.2) is 0 Å². The van der Waals surface area contributed by atoms with Crippen molar-refractivity contribution in [3.8, 4) is 0 Å². The summed E-state index contributed by atoms with van der Waals surface area (Å²) in [6.45, 7) is 12.7. The highest BCUT2D eigenvalue weighted by molar-refractivity contribution is 7.71. The summed E-state index contributed by atoms with van der Waals surface area (Å²) in [5, 5.41) is 0. The summed E-state index contributed by atoms with van der Waals surface area (Å²) in [5.41, 5.74) is 1.42. The second-order valence-corrected chi connectivity index (χ2v) is 6.57. The molecule has 2 heterocycles. The van der Waals surface area contributed by atoms with E-state index in [1.54, 1.807) is 0 Å². The second-order valence-electron chi connectivity index (χ2n) is 6.19. The van der Waals surface area contributed by atoms with E-state index in [0.29, 0.717) is 0 Å². The van der Waals surface area contributed by atoms with E-state index < -0.39 is 0 Å². The number of nitrogens with one attached hydrogen (secondary N) is 1. The summed E-state index contributed by atoms with van der Waals surface area (Å²) in [6, 6.07) is 0. The van der Waals surface area contributed by atoms with Gasteiger partial charge in [0.15, 0.2) is 4.77 Å². The van der Waals surface area contributed by atoms with Crippen LogP contribution in [0.1, 0.15) is 32.9 Å². The maximum atomic E-state index is 5.39. The Morgan fingerprint density at radius 2 is 1.95 bits per heavy atom. The standard InChI is InChI=1S/C14H25N3OS/c1-14(2,3)12-11-15-13(19)17(12)6-4-5-16-7-9-18-10-8-16/h11H,4-10H2,1-3H3,(H,15,19). The molecule has 4 nitrogen and oxygen atoms in total. The van der Waals surface area contributed by atoms with Crippen LogP contribution in [-0.4, -0.2) is 47.3 Å². The number of imidazole rings is 1. The van der Waals surface area contributed by atoms with Crippen LogP contribution in [0.2, 0.25) is 0 Å². The van der Waals surface area contributed by atoms with Gasteiger partial charge in [0.05, 0.1) is 13.2 Å². The first-order valence-corrected chi connectivity index (χ1v) is 7.48. The molecule has 0 spiro atoms. The molecule has 0 atom stereocenters. The Hall–Kier alpha value is -0.650. The SMILES string of the molecule is CC(C)(C)c1c[nH]c(=S)n1CCCN1CCOCC1. The van der Waals surface area contributed by atoms with Crippen LogP contribution >= 0.6 is 12.2 Å². The number of rotatable bonds is 4. The van der Waals surface area contributed by atoms with Gasteiger partial charge < -0.3 is 14.3 Å². The van der Waals surface area contributed by atoms with Crippen molar-refractivity contribution in [1.82, 2.24) is 14.5 Å². The Bertz CT molecular complexity index is 452. The van der Waals surface area contributed by atoms with Gasteiger partial charge in [0.25, 0.3) is 0 Å². The maximum absolute atomic E-state index is 5.39. The molecule has 1 aliphatic heterocycles. The molecule has 1 saturated heterocycles. The summed E-state index contributed by atoms with van der Waals surface area (Å²) in [5.74, 6) is 0. The van der Waals surface area contributed by atoms with E-state index in [0.717, 1.165) is 50.6 Å². The van der Waals surface area contributed by atoms with Gasteiger partial charge in [0.2, 0.25) is 0 Å². The lowest BCUT2D eigenvalue weighted by molar-refractivity contribution is 0.0369. The fraction of sp³-hybridized carbons (Fsp3) is 0.786. The Labute approximate surface area is 120 Å². The fourth-order valence-corrected chi connectivity index (χ4v) is 2.76. The molecular weight excluding hydrogens is 258 g/mol. The molecule has 0 aromatic carbocycles. The summed E-state index contributed by atoms with van der Waals surface area (Å²) in [7, 11) is 0. The normalized spacial score (nSPS) is 17.8. The molecule has 5 heteroatoms. The molecule has 0 amide bonds. The van der Waals surface area contributed by atoms with E-state index in [4.69, 9.17) is 17.0 Å². The summed E-state index contributed by atoms with van der Waals surface area (Å²) in [4.78, 5) is 5.65.